The first-order chi connectivity index (χ1) is 9.69. The third-order valence-corrected chi connectivity index (χ3v) is 3.12. The summed E-state index contributed by atoms with van der Waals surface area (Å²) in [6.07, 6.45) is 3.30. The van der Waals surface area contributed by atoms with Crippen molar-refractivity contribution < 1.29 is 9.90 Å². The van der Waals surface area contributed by atoms with E-state index in [2.05, 4.69) is 13.2 Å². The van der Waals surface area contributed by atoms with Gasteiger partial charge in [-0.05, 0) is 11.5 Å². The SMILES string of the molecule is C=CCN(CC=C)C(=O)c1ccc2ccccc2c1O. The zero-order valence-electron chi connectivity index (χ0n) is 11.2. The molecule has 2 aromatic rings. The molecule has 1 amide bonds. The van der Waals surface area contributed by atoms with Crippen LogP contribution >= 0.6 is 0 Å². The van der Waals surface area contributed by atoms with Crippen LogP contribution in [0.1, 0.15) is 10.4 Å². The van der Waals surface area contributed by atoms with Crippen LogP contribution in [0.3, 0.4) is 0 Å². The molecule has 3 heteroatoms. The summed E-state index contributed by atoms with van der Waals surface area (Å²) in [6.45, 7) is 8.11. The smallest absolute Gasteiger partial charge is 0.258 e. The van der Waals surface area contributed by atoms with Crippen molar-refractivity contribution in [2.24, 2.45) is 0 Å². The van der Waals surface area contributed by atoms with Crippen molar-refractivity contribution in [1.82, 2.24) is 4.90 Å². The van der Waals surface area contributed by atoms with E-state index >= 15 is 0 Å². The largest absolute Gasteiger partial charge is 0.506 e. The van der Waals surface area contributed by atoms with Crippen LogP contribution in [0.5, 0.6) is 5.75 Å². The highest BCUT2D eigenvalue weighted by Gasteiger charge is 2.18. The Bertz CT molecular complexity index is 651. The summed E-state index contributed by atoms with van der Waals surface area (Å²) >= 11 is 0. The number of phenols is 1. The van der Waals surface area contributed by atoms with Gasteiger partial charge >= 0.3 is 0 Å². The van der Waals surface area contributed by atoms with Gasteiger partial charge in [-0.2, -0.15) is 0 Å². The van der Waals surface area contributed by atoms with Gasteiger partial charge < -0.3 is 10.0 Å². The molecule has 0 saturated carbocycles. The normalized spacial score (nSPS) is 10.2. The average molecular weight is 267 g/mol. The Morgan fingerprint density at radius 3 is 2.40 bits per heavy atom. The molecule has 0 saturated heterocycles. The molecule has 0 atom stereocenters. The van der Waals surface area contributed by atoms with E-state index in [1.165, 1.54) is 0 Å². The van der Waals surface area contributed by atoms with E-state index in [0.717, 1.165) is 5.39 Å². The van der Waals surface area contributed by atoms with Crippen molar-refractivity contribution in [2.75, 3.05) is 13.1 Å². The summed E-state index contributed by atoms with van der Waals surface area (Å²) in [4.78, 5) is 14.0. The topological polar surface area (TPSA) is 40.5 Å². The molecule has 0 unspecified atom stereocenters. The van der Waals surface area contributed by atoms with Crippen LogP contribution in [0.25, 0.3) is 10.8 Å². The minimum Gasteiger partial charge on any atom is -0.506 e. The lowest BCUT2D eigenvalue weighted by Gasteiger charge is -2.20. The fourth-order valence-electron chi connectivity index (χ4n) is 2.15. The standard InChI is InChI=1S/C17H17NO2/c1-3-11-18(12-4-2)17(20)15-10-9-13-7-5-6-8-14(13)16(15)19/h3-10,19H,1-2,11-12H2. The van der Waals surface area contributed by atoms with Crippen LogP contribution in [0.4, 0.5) is 0 Å². The van der Waals surface area contributed by atoms with Gasteiger partial charge in [-0.3, -0.25) is 4.79 Å². The number of carbonyl (C=O) groups excluding carboxylic acids is 1. The molecular weight excluding hydrogens is 250 g/mol. The molecular formula is C17H17NO2. The van der Waals surface area contributed by atoms with Crippen LogP contribution in [-0.2, 0) is 0 Å². The van der Waals surface area contributed by atoms with Crippen LogP contribution < -0.4 is 0 Å². The van der Waals surface area contributed by atoms with Gasteiger partial charge in [0.1, 0.15) is 5.75 Å². The molecule has 3 nitrogen and oxygen atoms in total. The number of aromatic hydroxyl groups is 1. The summed E-state index contributed by atoms with van der Waals surface area (Å²) in [6, 6.07) is 10.9. The first-order valence-electron chi connectivity index (χ1n) is 6.40. The molecule has 2 rings (SSSR count). The van der Waals surface area contributed by atoms with E-state index in [0.29, 0.717) is 24.0 Å². The molecule has 0 aliphatic heterocycles. The molecule has 2 aromatic carbocycles. The first kappa shape index (κ1) is 13.9. The van der Waals surface area contributed by atoms with Gasteiger partial charge in [0.2, 0.25) is 0 Å². The molecule has 0 radical (unpaired) electrons. The van der Waals surface area contributed by atoms with Gasteiger partial charge in [0, 0.05) is 18.5 Å². The van der Waals surface area contributed by atoms with Crippen LogP contribution in [0, 0.1) is 0 Å². The third-order valence-electron chi connectivity index (χ3n) is 3.12. The van der Waals surface area contributed by atoms with Crippen molar-refractivity contribution in [3.63, 3.8) is 0 Å². The van der Waals surface area contributed by atoms with Crippen molar-refractivity contribution in [1.29, 1.82) is 0 Å². The Balaban J connectivity index is 2.45. The molecule has 0 aliphatic rings. The van der Waals surface area contributed by atoms with Crippen molar-refractivity contribution in [3.8, 4) is 5.75 Å². The molecule has 0 bridgehead atoms. The predicted molar refractivity (Wildman–Crippen MR) is 81.9 cm³/mol. The molecule has 1 N–H and O–H groups in total. The van der Waals surface area contributed by atoms with Crippen molar-refractivity contribution in [2.45, 2.75) is 0 Å². The maximum Gasteiger partial charge on any atom is 0.258 e. The van der Waals surface area contributed by atoms with Crippen molar-refractivity contribution >= 4 is 16.7 Å². The third kappa shape index (κ3) is 2.57. The fraction of sp³-hybridized carbons (Fsp3) is 0.118. The van der Waals surface area contributed by atoms with E-state index in [4.69, 9.17) is 0 Å². The summed E-state index contributed by atoms with van der Waals surface area (Å²) in [5.74, 6) is -0.209. The number of nitrogens with zero attached hydrogens (tertiary/aromatic N) is 1. The Labute approximate surface area is 118 Å². The number of carbonyl (C=O) groups is 1. The highest BCUT2D eigenvalue weighted by molar-refractivity contribution is 6.03. The van der Waals surface area contributed by atoms with Crippen LogP contribution in [0.15, 0.2) is 61.7 Å². The first-order valence-corrected chi connectivity index (χ1v) is 6.40. The monoisotopic (exact) mass is 267 g/mol. The number of hydrogen-bond acceptors (Lipinski definition) is 2. The average Bonchev–Trinajstić information content (AvgIpc) is 2.47. The summed E-state index contributed by atoms with van der Waals surface area (Å²) in [5.41, 5.74) is 0.299. The summed E-state index contributed by atoms with van der Waals surface area (Å²) < 4.78 is 0. The van der Waals surface area contributed by atoms with E-state index in [-0.39, 0.29) is 11.7 Å². The zero-order valence-corrected chi connectivity index (χ0v) is 11.2. The Hall–Kier alpha value is -2.55. The Morgan fingerprint density at radius 2 is 1.75 bits per heavy atom. The van der Waals surface area contributed by atoms with Gasteiger partial charge in [-0.25, -0.2) is 0 Å². The summed E-state index contributed by atoms with van der Waals surface area (Å²) in [5, 5.41) is 11.9. The number of fused-ring (bicyclic) bond motifs is 1. The molecule has 20 heavy (non-hydrogen) atoms. The highest BCUT2D eigenvalue weighted by atomic mass is 16.3. The molecule has 0 aliphatic carbocycles. The molecule has 0 spiro atoms. The zero-order chi connectivity index (χ0) is 14.5. The Morgan fingerprint density at radius 1 is 1.10 bits per heavy atom. The van der Waals surface area contributed by atoms with Gasteiger partial charge in [0.25, 0.3) is 5.91 Å². The lowest BCUT2D eigenvalue weighted by molar-refractivity contribution is 0.0788. The lowest BCUT2D eigenvalue weighted by Crippen LogP contribution is -2.31. The minimum atomic E-state index is -0.229. The van der Waals surface area contributed by atoms with Crippen LogP contribution in [-0.4, -0.2) is 29.0 Å². The number of benzene rings is 2. The van der Waals surface area contributed by atoms with Crippen LogP contribution in [0.2, 0.25) is 0 Å². The second-order valence-electron chi connectivity index (χ2n) is 4.47. The lowest BCUT2D eigenvalue weighted by atomic mass is 10.0. The number of rotatable bonds is 5. The Kier molecular flexibility index (Phi) is 4.20. The number of phenolic OH excluding ortho intramolecular Hbond substituents is 1. The quantitative estimate of drug-likeness (QED) is 0.844. The second-order valence-corrected chi connectivity index (χ2v) is 4.47. The summed E-state index contributed by atoms with van der Waals surface area (Å²) in [7, 11) is 0. The molecule has 0 heterocycles. The maximum atomic E-state index is 12.5. The van der Waals surface area contributed by atoms with E-state index in [1.54, 1.807) is 29.2 Å². The van der Waals surface area contributed by atoms with Gasteiger partial charge in [-0.1, -0.05) is 42.5 Å². The van der Waals surface area contributed by atoms with Crippen molar-refractivity contribution in [3.05, 3.63) is 67.3 Å². The van der Waals surface area contributed by atoms with Gasteiger partial charge in [0.15, 0.2) is 0 Å². The van der Waals surface area contributed by atoms with E-state index in [9.17, 15) is 9.90 Å². The molecule has 102 valence electrons. The van der Waals surface area contributed by atoms with E-state index in [1.807, 2.05) is 24.3 Å². The van der Waals surface area contributed by atoms with E-state index < -0.39 is 0 Å². The predicted octanol–water partition coefficient (Wildman–Crippen LogP) is 3.36. The fourth-order valence-corrected chi connectivity index (χ4v) is 2.15. The van der Waals surface area contributed by atoms with Gasteiger partial charge in [0.05, 0.1) is 5.56 Å². The highest BCUT2D eigenvalue weighted by Crippen LogP contribution is 2.29. The minimum absolute atomic E-state index is 0.0197. The number of hydrogen-bond donors (Lipinski definition) is 1. The molecule has 0 fully saturated rings. The molecule has 0 aromatic heterocycles. The second kappa shape index (κ2) is 6.06. The number of amides is 1. The maximum absolute atomic E-state index is 12.5. The van der Waals surface area contributed by atoms with Gasteiger partial charge in [-0.15, -0.1) is 13.2 Å².